The van der Waals surface area contributed by atoms with Gasteiger partial charge < -0.3 is 11.1 Å². The standard InChI is InChI=1S/C14H24N2/c1-10-8-11(2)13(4)14(12(10)3)9-16-7-5-6-15/h8,16H,5-7,9,15H2,1-4H3. The van der Waals surface area contributed by atoms with Crippen LogP contribution in [0.2, 0.25) is 0 Å². The fourth-order valence-electron chi connectivity index (χ4n) is 2.00. The molecule has 0 saturated carbocycles. The van der Waals surface area contributed by atoms with Crippen LogP contribution in [0.1, 0.15) is 34.2 Å². The molecule has 0 bridgehead atoms. The van der Waals surface area contributed by atoms with Crippen molar-refractivity contribution in [3.63, 3.8) is 0 Å². The van der Waals surface area contributed by atoms with Gasteiger partial charge in [-0.3, -0.25) is 0 Å². The van der Waals surface area contributed by atoms with Crippen LogP contribution >= 0.6 is 0 Å². The number of rotatable bonds is 5. The maximum atomic E-state index is 5.48. The Labute approximate surface area is 99.2 Å². The normalized spacial score (nSPS) is 10.8. The molecule has 0 saturated heterocycles. The van der Waals surface area contributed by atoms with E-state index in [4.69, 9.17) is 5.73 Å². The van der Waals surface area contributed by atoms with E-state index < -0.39 is 0 Å². The zero-order valence-electron chi connectivity index (χ0n) is 11.0. The van der Waals surface area contributed by atoms with E-state index in [2.05, 4.69) is 39.1 Å². The summed E-state index contributed by atoms with van der Waals surface area (Å²) in [6.45, 7) is 11.5. The van der Waals surface area contributed by atoms with Crippen molar-refractivity contribution in [2.45, 2.75) is 40.7 Å². The van der Waals surface area contributed by atoms with E-state index in [9.17, 15) is 0 Å². The number of benzene rings is 1. The molecule has 1 aromatic rings. The fourth-order valence-corrected chi connectivity index (χ4v) is 2.00. The molecule has 0 aliphatic rings. The molecule has 0 fully saturated rings. The molecule has 0 radical (unpaired) electrons. The third-order valence-corrected chi connectivity index (χ3v) is 3.38. The summed E-state index contributed by atoms with van der Waals surface area (Å²) < 4.78 is 0. The van der Waals surface area contributed by atoms with Gasteiger partial charge in [0.15, 0.2) is 0 Å². The van der Waals surface area contributed by atoms with Crippen molar-refractivity contribution in [3.05, 3.63) is 33.9 Å². The monoisotopic (exact) mass is 220 g/mol. The van der Waals surface area contributed by atoms with Crippen LogP contribution in [-0.4, -0.2) is 13.1 Å². The van der Waals surface area contributed by atoms with Crippen molar-refractivity contribution in [2.75, 3.05) is 13.1 Å². The van der Waals surface area contributed by atoms with Crippen LogP contribution in [0.4, 0.5) is 0 Å². The zero-order chi connectivity index (χ0) is 12.1. The molecule has 0 aliphatic carbocycles. The molecule has 0 heterocycles. The van der Waals surface area contributed by atoms with Crippen molar-refractivity contribution in [1.29, 1.82) is 0 Å². The molecule has 1 aromatic carbocycles. The molecular formula is C14H24N2. The van der Waals surface area contributed by atoms with Crippen LogP contribution in [0.5, 0.6) is 0 Å². The smallest absolute Gasteiger partial charge is 0.0210 e. The van der Waals surface area contributed by atoms with Crippen LogP contribution in [0.3, 0.4) is 0 Å². The molecule has 0 aliphatic heterocycles. The van der Waals surface area contributed by atoms with Gasteiger partial charge in [0.1, 0.15) is 0 Å². The lowest BCUT2D eigenvalue weighted by Crippen LogP contribution is -2.19. The molecule has 90 valence electrons. The maximum Gasteiger partial charge on any atom is 0.0210 e. The fraction of sp³-hybridized carbons (Fsp3) is 0.571. The van der Waals surface area contributed by atoms with Gasteiger partial charge in [0.05, 0.1) is 0 Å². The second-order valence-electron chi connectivity index (χ2n) is 4.56. The molecule has 0 amide bonds. The van der Waals surface area contributed by atoms with Gasteiger partial charge in [0, 0.05) is 6.54 Å². The summed E-state index contributed by atoms with van der Waals surface area (Å²) >= 11 is 0. The lowest BCUT2D eigenvalue weighted by molar-refractivity contribution is 0.651. The third kappa shape index (κ3) is 3.06. The molecule has 0 spiro atoms. The summed E-state index contributed by atoms with van der Waals surface area (Å²) in [7, 11) is 0. The van der Waals surface area contributed by atoms with E-state index in [1.54, 1.807) is 0 Å². The van der Waals surface area contributed by atoms with Crippen LogP contribution in [0, 0.1) is 27.7 Å². The molecular weight excluding hydrogens is 196 g/mol. The second-order valence-corrected chi connectivity index (χ2v) is 4.56. The van der Waals surface area contributed by atoms with E-state index in [1.807, 2.05) is 0 Å². The highest BCUT2D eigenvalue weighted by Gasteiger charge is 2.07. The van der Waals surface area contributed by atoms with Gasteiger partial charge in [0.25, 0.3) is 0 Å². The van der Waals surface area contributed by atoms with Crippen molar-refractivity contribution < 1.29 is 0 Å². The van der Waals surface area contributed by atoms with Gasteiger partial charge in [0.2, 0.25) is 0 Å². The highest BCUT2D eigenvalue weighted by atomic mass is 14.8. The summed E-state index contributed by atoms with van der Waals surface area (Å²) in [6.07, 6.45) is 1.04. The molecule has 0 unspecified atom stereocenters. The van der Waals surface area contributed by atoms with E-state index in [0.717, 1.165) is 26.1 Å². The zero-order valence-corrected chi connectivity index (χ0v) is 11.0. The average Bonchev–Trinajstić information content (AvgIpc) is 2.25. The summed E-state index contributed by atoms with van der Waals surface area (Å²) in [5.41, 5.74) is 12.5. The van der Waals surface area contributed by atoms with Crippen LogP contribution in [0.25, 0.3) is 0 Å². The summed E-state index contributed by atoms with van der Waals surface area (Å²) in [6, 6.07) is 2.27. The summed E-state index contributed by atoms with van der Waals surface area (Å²) in [4.78, 5) is 0. The Morgan fingerprint density at radius 2 is 1.62 bits per heavy atom. The van der Waals surface area contributed by atoms with Gasteiger partial charge in [-0.05, 0) is 75.0 Å². The van der Waals surface area contributed by atoms with Crippen molar-refractivity contribution in [2.24, 2.45) is 5.73 Å². The minimum Gasteiger partial charge on any atom is -0.330 e. The van der Waals surface area contributed by atoms with Gasteiger partial charge >= 0.3 is 0 Å². The van der Waals surface area contributed by atoms with Crippen LogP contribution in [-0.2, 0) is 6.54 Å². The topological polar surface area (TPSA) is 38.0 Å². The Morgan fingerprint density at radius 3 is 2.12 bits per heavy atom. The van der Waals surface area contributed by atoms with E-state index in [1.165, 1.54) is 27.8 Å². The summed E-state index contributed by atoms with van der Waals surface area (Å²) in [5, 5.41) is 3.46. The SMILES string of the molecule is Cc1cc(C)c(C)c(CNCCCN)c1C. The van der Waals surface area contributed by atoms with Crippen LogP contribution in [0.15, 0.2) is 6.07 Å². The lowest BCUT2D eigenvalue weighted by Gasteiger charge is -2.15. The molecule has 0 atom stereocenters. The number of nitrogens with two attached hydrogens (primary N) is 1. The summed E-state index contributed by atoms with van der Waals surface area (Å²) in [5.74, 6) is 0. The van der Waals surface area contributed by atoms with E-state index >= 15 is 0 Å². The first kappa shape index (κ1) is 13.2. The Hall–Kier alpha value is -0.860. The average molecular weight is 220 g/mol. The predicted octanol–water partition coefficient (Wildman–Crippen LogP) is 2.36. The number of hydrogen-bond donors (Lipinski definition) is 2. The molecule has 3 N–H and O–H groups in total. The quantitative estimate of drug-likeness (QED) is 0.748. The Balaban J connectivity index is 2.78. The van der Waals surface area contributed by atoms with Crippen LogP contribution < -0.4 is 11.1 Å². The first-order valence-corrected chi connectivity index (χ1v) is 6.05. The molecule has 0 aromatic heterocycles. The Bertz CT molecular complexity index is 330. The minimum atomic E-state index is 0.762. The highest BCUT2D eigenvalue weighted by Crippen LogP contribution is 2.21. The van der Waals surface area contributed by atoms with E-state index in [0.29, 0.717) is 0 Å². The first-order valence-electron chi connectivity index (χ1n) is 6.05. The molecule has 2 heteroatoms. The van der Waals surface area contributed by atoms with Gasteiger partial charge in [-0.2, -0.15) is 0 Å². The molecule has 1 rings (SSSR count). The lowest BCUT2D eigenvalue weighted by atomic mass is 9.94. The largest absolute Gasteiger partial charge is 0.330 e. The predicted molar refractivity (Wildman–Crippen MR) is 70.8 cm³/mol. The van der Waals surface area contributed by atoms with Crippen molar-refractivity contribution in [1.82, 2.24) is 5.32 Å². The Kier molecular flexibility index (Phi) is 4.97. The highest BCUT2D eigenvalue weighted by molar-refractivity contribution is 5.43. The first-order chi connectivity index (χ1) is 7.57. The molecule has 16 heavy (non-hydrogen) atoms. The number of nitrogens with one attached hydrogen (secondary N) is 1. The number of hydrogen-bond acceptors (Lipinski definition) is 2. The third-order valence-electron chi connectivity index (χ3n) is 3.38. The second kappa shape index (κ2) is 6.02. The van der Waals surface area contributed by atoms with Crippen molar-refractivity contribution >= 4 is 0 Å². The maximum absolute atomic E-state index is 5.48. The van der Waals surface area contributed by atoms with Crippen molar-refractivity contribution in [3.8, 4) is 0 Å². The van der Waals surface area contributed by atoms with E-state index in [-0.39, 0.29) is 0 Å². The number of aryl methyl sites for hydroxylation is 2. The van der Waals surface area contributed by atoms with Gasteiger partial charge in [-0.25, -0.2) is 0 Å². The minimum absolute atomic E-state index is 0.762. The van der Waals surface area contributed by atoms with Gasteiger partial charge in [-0.1, -0.05) is 6.07 Å². The van der Waals surface area contributed by atoms with Gasteiger partial charge in [-0.15, -0.1) is 0 Å². The Morgan fingerprint density at radius 1 is 1.06 bits per heavy atom. The molecule has 2 nitrogen and oxygen atoms in total.